The number of aromatic nitrogens is 2. The summed E-state index contributed by atoms with van der Waals surface area (Å²) in [5.74, 6) is -0.297. The van der Waals surface area contributed by atoms with Crippen LogP contribution in [0, 0.1) is 11.3 Å². The summed E-state index contributed by atoms with van der Waals surface area (Å²) in [6.07, 6.45) is -4.45. The molecular weight excluding hydrogens is 277 g/mol. The van der Waals surface area contributed by atoms with E-state index in [0.717, 1.165) is 6.92 Å². The highest BCUT2D eigenvalue weighted by atomic mass is 79.9. The molecule has 2 N–H and O–H groups in total. The summed E-state index contributed by atoms with van der Waals surface area (Å²) >= 11 is 2.86. The van der Waals surface area contributed by atoms with Crippen molar-refractivity contribution in [2.45, 2.75) is 19.1 Å². The van der Waals surface area contributed by atoms with Crippen molar-refractivity contribution in [1.82, 2.24) is 9.78 Å². The van der Waals surface area contributed by atoms with Crippen molar-refractivity contribution in [3.8, 4) is 6.07 Å². The Labute approximate surface area is 91.6 Å². The van der Waals surface area contributed by atoms with Gasteiger partial charge in [0.2, 0.25) is 0 Å². The van der Waals surface area contributed by atoms with E-state index in [0.29, 0.717) is 4.68 Å². The van der Waals surface area contributed by atoms with Crippen molar-refractivity contribution < 1.29 is 13.2 Å². The first kappa shape index (κ1) is 11.8. The summed E-state index contributed by atoms with van der Waals surface area (Å²) in [6, 6.07) is -0.197. The first-order chi connectivity index (χ1) is 6.79. The van der Waals surface area contributed by atoms with Gasteiger partial charge in [0.05, 0.1) is 0 Å². The molecule has 8 heteroatoms. The van der Waals surface area contributed by atoms with E-state index in [-0.39, 0.29) is 16.0 Å². The van der Waals surface area contributed by atoms with Crippen LogP contribution in [0.25, 0.3) is 0 Å². The molecule has 0 saturated carbocycles. The molecule has 0 spiro atoms. The predicted octanol–water partition coefficient (Wildman–Crippen LogP) is 2.22. The van der Waals surface area contributed by atoms with E-state index < -0.39 is 12.2 Å². The van der Waals surface area contributed by atoms with Crippen LogP contribution in [0.4, 0.5) is 19.0 Å². The van der Waals surface area contributed by atoms with E-state index in [1.165, 1.54) is 0 Å². The van der Waals surface area contributed by atoms with E-state index >= 15 is 0 Å². The van der Waals surface area contributed by atoms with Gasteiger partial charge in [-0.3, -0.25) is 0 Å². The topological polar surface area (TPSA) is 67.6 Å². The summed E-state index contributed by atoms with van der Waals surface area (Å²) in [4.78, 5) is 0. The molecule has 1 atom stereocenters. The van der Waals surface area contributed by atoms with Gasteiger partial charge in [-0.05, 0) is 22.9 Å². The summed E-state index contributed by atoms with van der Waals surface area (Å²) in [7, 11) is 0. The number of nitrogens with zero attached hydrogens (tertiary/aromatic N) is 3. The van der Waals surface area contributed by atoms with Gasteiger partial charge in [0.1, 0.15) is 28.1 Å². The molecule has 0 fully saturated rings. The second-order valence-corrected chi connectivity index (χ2v) is 3.58. The Kier molecular flexibility index (Phi) is 2.95. The van der Waals surface area contributed by atoms with Gasteiger partial charge in [-0.15, -0.1) is 0 Å². The Bertz CT molecular complexity index is 417. The molecule has 0 aliphatic heterocycles. The molecule has 82 valence electrons. The van der Waals surface area contributed by atoms with Crippen molar-refractivity contribution >= 4 is 21.7 Å². The number of nitriles is 1. The van der Waals surface area contributed by atoms with E-state index in [4.69, 9.17) is 11.0 Å². The molecule has 4 nitrogen and oxygen atoms in total. The van der Waals surface area contributed by atoms with Gasteiger partial charge in [-0.25, -0.2) is 4.68 Å². The number of hydrogen-bond donors (Lipinski definition) is 1. The van der Waals surface area contributed by atoms with Crippen LogP contribution in [-0.2, 0) is 0 Å². The quantitative estimate of drug-likeness (QED) is 0.859. The van der Waals surface area contributed by atoms with Crippen LogP contribution in [0.15, 0.2) is 4.60 Å². The van der Waals surface area contributed by atoms with Crippen LogP contribution in [0.1, 0.15) is 18.5 Å². The molecule has 0 radical (unpaired) electrons. The van der Waals surface area contributed by atoms with Crippen LogP contribution >= 0.6 is 15.9 Å². The molecule has 1 rings (SSSR count). The average molecular weight is 283 g/mol. The fraction of sp³-hybridized carbons (Fsp3) is 0.429. The first-order valence-electron chi connectivity index (χ1n) is 3.79. The molecule has 0 aliphatic rings. The Hall–Kier alpha value is -1.23. The minimum atomic E-state index is -4.45. The number of nitrogen functional groups attached to an aromatic ring is 1. The van der Waals surface area contributed by atoms with Gasteiger partial charge in [0.25, 0.3) is 0 Å². The Balaban J connectivity index is 3.24. The highest BCUT2D eigenvalue weighted by molar-refractivity contribution is 9.10. The molecule has 1 aromatic rings. The van der Waals surface area contributed by atoms with E-state index in [9.17, 15) is 13.2 Å². The number of hydrogen-bond acceptors (Lipinski definition) is 3. The monoisotopic (exact) mass is 282 g/mol. The molecule has 0 aromatic carbocycles. The van der Waals surface area contributed by atoms with Crippen LogP contribution < -0.4 is 5.73 Å². The zero-order valence-corrected chi connectivity index (χ0v) is 9.09. The normalized spacial score (nSPS) is 13.6. The fourth-order valence-electron chi connectivity index (χ4n) is 0.956. The highest BCUT2D eigenvalue weighted by Gasteiger charge is 2.39. The Morgan fingerprint density at radius 2 is 2.13 bits per heavy atom. The number of rotatable bonds is 1. The van der Waals surface area contributed by atoms with Gasteiger partial charge in [-0.1, -0.05) is 0 Å². The molecule has 0 bridgehead atoms. The zero-order chi connectivity index (χ0) is 11.8. The SMILES string of the molecule is C[C@H](n1nc(Br)c(C#N)c1N)C(F)(F)F. The maximum absolute atomic E-state index is 12.3. The largest absolute Gasteiger partial charge is 0.410 e. The van der Waals surface area contributed by atoms with Crippen molar-refractivity contribution in [2.24, 2.45) is 0 Å². The van der Waals surface area contributed by atoms with Gasteiger partial charge in [-0.2, -0.15) is 23.5 Å². The van der Waals surface area contributed by atoms with Gasteiger partial charge >= 0.3 is 6.18 Å². The lowest BCUT2D eigenvalue weighted by Crippen LogP contribution is -2.25. The van der Waals surface area contributed by atoms with Crippen molar-refractivity contribution in [3.63, 3.8) is 0 Å². The van der Waals surface area contributed by atoms with Crippen LogP contribution in [0.3, 0.4) is 0 Å². The third-order valence-corrected chi connectivity index (χ3v) is 2.41. The number of halogens is 4. The molecule has 0 aliphatic carbocycles. The molecule has 1 aromatic heterocycles. The first-order valence-corrected chi connectivity index (χ1v) is 4.58. The second-order valence-electron chi connectivity index (χ2n) is 2.83. The fourth-order valence-corrected chi connectivity index (χ4v) is 1.42. The highest BCUT2D eigenvalue weighted by Crippen LogP contribution is 2.33. The van der Waals surface area contributed by atoms with Gasteiger partial charge < -0.3 is 5.73 Å². The van der Waals surface area contributed by atoms with Crippen LogP contribution in [0.2, 0.25) is 0 Å². The molecule has 15 heavy (non-hydrogen) atoms. The minimum Gasteiger partial charge on any atom is -0.383 e. The maximum Gasteiger partial charge on any atom is 0.410 e. The number of nitrogens with two attached hydrogens (primary N) is 1. The molecular formula is C7H6BrF3N4. The van der Waals surface area contributed by atoms with E-state index in [2.05, 4.69) is 21.0 Å². The lowest BCUT2D eigenvalue weighted by molar-refractivity contribution is -0.164. The molecule has 0 unspecified atom stereocenters. The molecule has 1 heterocycles. The van der Waals surface area contributed by atoms with Crippen molar-refractivity contribution in [3.05, 3.63) is 10.2 Å². The lowest BCUT2D eigenvalue weighted by Gasteiger charge is -2.16. The third kappa shape index (κ3) is 2.07. The summed E-state index contributed by atoms with van der Waals surface area (Å²) in [5, 5.41) is 12.1. The van der Waals surface area contributed by atoms with Crippen LogP contribution in [-0.4, -0.2) is 16.0 Å². The third-order valence-electron chi connectivity index (χ3n) is 1.86. The predicted molar refractivity (Wildman–Crippen MR) is 49.8 cm³/mol. The van der Waals surface area contributed by atoms with Gasteiger partial charge in [0, 0.05) is 0 Å². The average Bonchev–Trinajstić information content (AvgIpc) is 2.39. The second kappa shape index (κ2) is 3.73. The summed E-state index contributed by atoms with van der Waals surface area (Å²) < 4.78 is 37.6. The maximum atomic E-state index is 12.3. The van der Waals surface area contributed by atoms with E-state index in [1.54, 1.807) is 6.07 Å². The number of anilines is 1. The number of alkyl halides is 3. The standard InChI is InChI=1S/C7H6BrF3N4/c1-3(7(9,10)11)15-6(13)4(2-12)5(8)14-15/h3H,13H2,1H3/t3-/m0/s1. The Morgan fingerprint density at radius 1 is 1.60 bits per heavy atom. The smallest absolute Gasteiger partial charge is 0.383 e. The summed E-state index contributed by atoms with van der Waals surface area (Å²) in [5.41, 5.74) is 5.27. The summed E-state index contributed by atoms with van der Waals surface area (Å²) in [6.45, 7) is 0.914. The molecule has 0 saturated heterocycles. The van der Waals surface area contributed by atoms with Crippen molar-refractivity contribution in [2.75, 3.05) is 5.73 Å². The van der Waals surface area contributed by atoms with Crippen molar-refractivity contribution in [1.29, 1.82) is 5.26 Å². The van der Waals surface area contributed by atoms with Gasteiger partial charge in [0.15, 0.2) is 0 Å². The zero-order valence-electron chi connectivity index (χ0n) is 7.51. The lowest BCUT2D eigenvalue weighted by atomic mass is 10.3. The Morgan fingerprint density at radius 3 is 2.47 bits per heavy atom. The minimum absolute atomic E-state index is 0.0126. The molecule has 0 amide bonds. The van der Waals surface area contributed by atoms with E-state index in [1.807, 2.05) is 0 Å². The van der Waals surface area contributed by atoms with Crippen LogP contribution in [0.5, 0.6) is 0 Å².